The van der Waals surface area contributed by atoms with Crippen molar-refractivity contribution < 1.29 is 9.47 Å². The Kier molecular flexibility index (Phi) is 17.9. The van der Waals surface area contributed by atoms with Crippen molar-refractivity contribution in [2.75, 3.05) is 13.2 Å². The van der Waals surface area contributed by atoms with E-state index < -0.39 is 0 Å². The molecule has 1 aliphatic carbocycles. The van der Waals surface area contributed by atoms with Crippen molar-refractivity contribution in [3.63, 3.8) is 0 Å². The van der Waals surface area contributed by atoms with Crippen LogP contribution in [-0.2, 0) is 9.47 Å². The Labute approximate surface area is 248 Å². The van der Waals surface area contributed by atoms with Gasteiger partial charge in [0.2, 0.25) is 0 Å². The van der Waals surface area contributed by atoms with Crippen LogP contribution in [0.2, 0.25) is 0 Å². The van der Waals surface area contributed by atoms with Gasteiger partial charge in [-0.05, 0) is 53.4 Å². The molecule has 1 aliphatic rings. The van der Waals surface area contributed by atoms with Gasteiger partial charge in [0.15, 0.2) is 0 Å². The molecular formula is C30H52Br2N2O2S. The van der Waals surface area contributed by atoms with E-state index in [4.69, 9.17) is 9.47 Å². The predicted molar refractivity (Wildman–Crippen MR) is 167 cm³/mol. The van der Waals surface area contributed by atoms with Gasteiger partial charge in [-0.25, -0.2) is 0 Å². The number of hydrogen-bond acceptors (Lipinski definition) is 5. The molecule has 0 bridgehead atoms. The van der Waals surface area contributed by atoms with Crippen LogP contribution in [0.25, 0.3) is 4.48 Å². The second kappa shape index (κ2) is 20.0. The lowest BCUT2D eigenvalue weighted by molar-refractivity contribution is 0.000925. The highest BCUT2D eigenvalue weighted by Crippen LogP contribution is 2.45. The van der Waals surface area contributed by atoms with Crippen LogP contribution in [0.1, 0.15) is 147 Å². The first-order chi connectivity index (χ1) is 18.1. The van der Waals surface area contributed by atoms with Crippen LogP contribution in [0.3, 0.4) is 0 Å². The molecule has 7 heteroatoms. The number of hydrogen-bond donors (Lipinski definition) is 0. The van der Waals surface area contributed by atoms with Gasteiger partial charge < -0.3 is 9.47 Å². The van der Waals surface area contributed by atoms with Crippen LogP contribution in [0.5, 0.6) is 0 Å². The SMILES string of the molecule is CCCCCCC(CCCC)COC1=C(Br)c2nsnc2C(Br)C1OCC(CCCC)CCCCCC. The minimum atomic E-state index is -0.183. The molecule has 1 heterocycles. The number of alkyl halides is 1. The molecule has 0 aliphatic heterocycles. The third-order valence-corrected chi connectivity index (χ3v) is 9.80. The average Bonchev–Trinajstić information content (AvgIpc) is 3.40. The van der Waals surface area contributed by atoms with E-state index in [1.807, 2.05) is 0 Å². The minimum absolute atomic E-state index is 0.0388. The summed E-state index contributed by atoms with van der Waals surface area (Å²) < 4.78 is 23.5. The number of unbranched alkanes of at least 4 members (excludes halogenated alkanes) is 8. The number of aromatic nitrogens is 2. The van der Waals surface area contributed by atoms with E-state index in [0.29, 0.717) is 11.8 Å². The smallest absolute Gasteiger partial charge is 0.143 e. The Morgan fingerprint density at radius 2 is 1.27 bits per heavy atom. The molecule has 37 heavy (non-hydrogen) atoms. The van der Waals surface area contributed by atoms with Gasteiger partial charge in [0.1, 0.15) is 17.6 Å². The number of fused-ring (bicyclic) bond motifs is 1. The number of rotatable bonds is 22. The summed E-state index contributed by atoms with van der Waals surface area (Å²) in [5.74, 6) is 2.09. The van der Waals surface area contributed by atoms with Crippen molar-refractivity contribution in [3.8, 4) is 0 Å². The van der Waals surface area contributed by atoms with Crippen molar-refractivity contribution in [2.45, 2.75) is 141 Å². The van der Waals surface area contributed by atoms with Crippen molar-refractivity contribution >= 4 is 48.1 Å². The molecule has 0 saturated heterocycles. The maximum absolute atomic E-state index is 6.72. The zero-order chi connectivity index (χ0) is 26.9. The summed E-state index contributed by atoms with van der Waals surface area (Å²) in [5.41, 5.74) is 1.86. The van der Waals surface area contributed by atoms with Crippen molar-refractivity contribution in [2.24, 2.45) is 11.8 Å². The van der Waals surface area contributed by atoms with E-state index in [1.165, 1.54) is 114 Å². The zero-order valence-electron chi connectivity index (χ0n) is 23.9. The Hall–Kier alpha value is 0.0200. The van der Waals surface area contributed by atoms with Crippen LogP contribution in [0.4, 0.5) is 0 Å². The molecule has 1 aromatic heterocycles. The van der Waals surface area contributed by atoms with E-state index >= 15 is 0 Å². The standard InChI is InChI=1S/C30H52Br2N2O2S/c1-5-9-13-15-19-23(17-11-7-3)21-35-29-25(31)27-28(34-37-33-27)26(32)30(29)36-22-24(18-12-8-4)20-16-14-10-6-2/h23-25,29H,5-22H2,1-4H3. The molecule has 1 aromatic rings. The molecule has 0 N–H and O–H groups in total. The highest BCUT2D eigenvalue weighted by molar-refractivity contribution is 9.15. The highest BCUT2D eigenvalue weighted by atomic mass is 79.9. The van der Waals surface area contributed by atoms with Crippen molar-refractivity contribution in [1.82, 2.24) is 8.75 Å². The fourth-order valence-electron chi connectivity index (χ4n) is 5.13. The highest BCUT2D eigenvalue weighted by Gasteiger charge is 2.39. The third kappa shape index (κ3) is 11.6. The molecule has 2 rings (SSSR count). The van der Waals surface area contributed by atoms with Crippen LogP contribution in [0, 0.1) is 11.8 Å². The normalized spacial score (nSPS) is 19.2. The van der Waals surface area contributed by atoms with Gasteiger partial charge in [-0.1, -0.05) is 121 Å². The van der Waals surface area contributed by atoms with Gasteiger partial charge in [-0.3, -0.25) is 0 Å². The van der Waals surface area contributed by atoms with Gasteiger partial charge in [0.05, 0.1) is 39.9 Å². The molecule has 0 amide bonds. The van der Waals surface area contributed by atoms with Gasteiger partial charge in [0.25, 0.3) is 0 Å². The first-order valence-corrected chi connectivity index (χ1v) is 17.6. The van der Waals surface area contributed by atoms with Gasteiger partial charge in [-0.2, -0.15) is 8.75 Å². The second-order valence-electron chi connectivity index (χ2n) is 10.9. The molecule has 0 saturated carbocycles. The third-order valence-electron chi connectivity index (χ3n) is 7.57. The Morgan fingerprint density at radius 3 is 1.84 bits per heavy atom. The van der Waals surface area contributed by atoms with Crippen LogP contribution in [0.15, 0.2) is 5.76 Å². The molecule has 0 aromatic carbocycles. The first-order valence-electron chi connectivity index (χ1n) is 15.2. The summed E-state index contributed by atoms with van der Waals surface area (Å²) >= 11 is 9.04. The van der Waals surface area contributed by atoms with Crippen molar-refractivity contribution in [1.29, 1.82) is 0 Å². The zero-order valence-corrected chi connectivity index (χ0v) is 27.9. The van der Waals surface area contributed by atoms with Crippen LogP contribution >= 0.6 is 43.6 Å². The average molecular weight is 665 g/mol. The summed E-state index contributed by atoms with van der Waals surface area (Å²) in [6, 6.07) is 0. The summed E-state index contributed by atoms with van der Waals surface area (Å²) in [6.45, 7) is 10.6. The fourth-order valence-corrected chi connectivity index (χ4v) is 7.32. The lowest BCUT2D eigenvalue weighted by atomic mass is 9.95. The number of nitrogens with zero attached hydrogens (tertiary/aromatic N) is 2. The lowest BCUT2D eigenvalue weighted by Gasteiger charge is -2.32. The molecule has 0 radical (unpaired) electrons. The largest absolute Gasteiger partial charge is 0.494 e. The summed E-state index contributed by atoms with van der Waals surface area (Å²) in [6.07, 6.45) is 20.3. The Morgan fingerprint density at radius 1 is 0.730 bits per heavy atom. The summed E-state index contributed by atoms with van der Waals surface area (Å²) in [4.78, 5) is -0.0388. The quantitative estimate of drug-likeness (QED) is 0.0914. The predicted octanol–water partition coefficient (Wildman–Crippen LogP) is 11.0. The lowest BCUT2D eigenvalue weighted by Crippen LogP contribution is -2.30. The molecule has 4 nitrogen and oxygen atoms in total. The van der Waals surface area contributed by atoms with Crippen molar-refractivity contribution in [3.05, 3.63) is 17.1 Å². The molecular weight excluding hydrogens is 612 g/mol. The summed E-state index contributed by atoms with van der Waals surface area (Å²) in [5, 5.41) is 0. The van der Waals surface area contributed by atoms with E-state index in [-0.39, 0.29) is 10.9 Å². The maximum Gasteiger partial charge on any atom is 0.143 e. The van der Waals surface area contributed by atoms with Gasteiger partial charge in [0, 0.05) is 0 Å². The fraction of sp³-hybridized carbons (Fsp3) is 0.867. The molecule has 4 atom stereocenters. The summed E-state index contributed by atoms with van der Waals surface area (Å²) in [7, 11) is 0. The molecule has 4 unspecified atom stereocenters. The van der Waals surface area contributed by atoms with Gasteiger partial charge >= 0.3 is 0 Å². The Balaban J connectivity index is 2.10. The van der Waals surface area contributed by atoms with E-state index in [9.17, 15) is 0 Å². The second-order valence-corrected chi connectivity index (χ2v) is 13.2. The van der Waals surface area contributed by atoms with Gasteiger partial charge in [-0.15, -0.1) is 0 Å². The first kappa shape index (κ1) is 33.2. The minimum Gasteiger partial charge on any atom is -0.494 e. The molecule has 0 fully saturated rings. The van der Waals surface area contributed by atoms with E-state index in [1.54, 1.807) is 0 Å². The number of halogens is 2. The molecule has 0 spiro atoms. The Bertz CT molecular complexity index is 758. The topological polar surface area (TPSA) is 44.2 Å². The monoisotopic (exact) mass is 662 g/mol. The van der Waals surface area contributed by atoms with E-state index in [2.05, 4.69) is 68.3 Å². The van der Waals surface area contributed by atoms with E-state index in [0.717, 1.165) is 34.8 Å². The van der Waals surface area contributed by atoms with Crippen LogP contribution < -0.4 is 0 Å². The van der Waals surface area contributed by atoms with Crippen LogP contribution in [-0.4, -0.2) is 28.1 Å². The maximum atomic E-state index is 6.72. The molecule has 214 valence electrons. The number of ether oxygens (including phenoxy) is 2.